The van der Waals surface area contributed by atoms with Crippen LogP contribution in [0.2, 0.25) is 0 Å². The molecule has 0 aliphatic carbocycles. The van der Waals surface area contributed by atoms with Crippen LogP contribution in [-0.4, -0.2) is 0 Å². The van der Waals surface area contributed by atoms with Gasteiger partial charge in [-0.1, -0.05) is 78.9 Å². The third kappa shape index (κ3) is 3.86. The zero-order chi connectivity index (χ0) is 17.6. The van der Waals surface area contributed by atoms with E-state index in [2.05, 4.69) is 72.0 Å². The van der Waals surface area contributed by atoms with Crippen molar-refractivity contribution in [2.75, 3.05) is 5.32 Å². The summed E-state index contributed by atoms with van der Waals surface area (Å²) in [5.41, 5.74) is 3.52. The highest BCUT2D eigenvalue weighted by molar-refractivity contribution is 5.93. The minimum atomic E-state index is 0.584. The van der Waals surface area contributed by atoms with Gasteiger partial charge in [0.1, 0.15) is 12.4 Å². The fourth-order valence-electron chi connectivity index (χ4n) is 3.06. The Hall–Kier alpha value is -3.26. The van der Waals surface area contributed by atoms with Crippen LogP contribution in [-0.2, 0) is 13.2 Å². The molecule has 0 unspecified atom stereocenters. The standard InChI is InChI=1S/C24H21NO/c1-2-8-19(9-3-1)18-26-22-13-6-10-20(16-22)17-25-24-15-7-12-21-11-4-5-14-23(21)24/h1-16,25H,17-18H2. The van der Waals surface area contributed by atoms with Crippen LogP contribution in [0.15, 0.2) is 97.1 Å². The van der Waals surface area contributed by atoms with Crippen LogP contribution in [0, 0.1) is 0 Å². The summed E-state index contributed by atoms with van der Waals surface area (Å²) in [5, 5.41) is 6.04. The first kappa shape index (κ1) is 16.2. The number of anilines is 1. The van der Waals surface area contributed by atoms with Crippen LogP contribution >= 0.6 is 0 Å². The van der Waals surface area contributed by atoms with E-state index in [1.807, 2.05) is 30.3 Å². The van der Waals surface area contributed by atoms with Gasteiger partial charge in [-0.15, -0.1) is 0 Å². The fourth-order valence-corrected chi connectivity index (χ4v) is 3.06. The van der Waals surface area contributed by atoms with E-state index >= 15 is 0 Å². The van der Waals surface area contributed by atoms with Gasteiger partial charge in [-0.05, 0) is 34.7 Å². The summed E-state index contributed by atoms with van der Waals surface area (Å²) in [5.74, 6) is 0.895. The molecule has 0 fully saturated rings. The van der Waals surface area contributed by atoms with Crippen LogP contribution in [0.1, 0.15) is 11.1 Å². The third-order valence-electron chi connectivity index (χ3n) is 4.42. The Morgan fingerprint density at radius 1 is 0.654 bits per heavy atom. The maximum absolute atomic E-state index is 5.93. The van der Waals surface area contributed by atoms with Crippen molar-refractivity contribution in [2.24, 2.45) is 0 Å². The van der Waals surface area contributed by atoms with E-state index in [1.54, 1.807) is 0 Å². The van der Waals surface area contributed by atoms with Gasteiger partial charge in [-0.2, -0.15) is 0 Å². The largest absolute Gasteiger partial charge is 0.489 e. The van der Waals surface area contributed by atoms with Gasteiger partial charge in [0.2, 0.25) is 0 Å². The maximum atomic E-state index is 5.93. The molecule has 0 saturated heterocycles. The Bertz CT molecular complexity index is 990. The number of hydrogen-bond donors (Lipinski definition) is 1. The molecule has 0 saturated carbocycles. The monoisotopic (exact) mass is 339 g/mol. The molecule has 0 aliphatic rings. The minimum Gasteiger partial charge on any atom is -0.489 e. The molecule has 2 nitrogen and oxygen atoms in total. The molecular formula is C24H21NO. The maximum Gasteiger partial charge on any atom is 0.120 e. The quantitative estimate of drug-likeness (QED) is 0.463. The van der Waals surface area contributed by atoms with E-state index < -0.39 is 0 Å². The van der Waals surface area contributed by atoms with Gasteiger partial charge >= 0.3 is 0 Å². The zero-order valence-corrected chi connectivity index (χ0v) is 14.6. The highest BCUT2D eigenvalue weighted by Gasteiger charge is 2.02. The van der Waals surface area contributed by atoms with E-state index in [-0.39, 0.29) is 0 Å². The normalized spacial score (nSPS) is 10.6. The van der Waals surface area contributed by atoms with Crippen molar-refractivity contribution in [2.45, 2.75) is 13.2 Å². The van der Waals surface area contributed by atoms with E-state index in [9.17, 15) is 0 Å². The second-order valence-electron chi connectivity index (χ2n) is 6.30. The van der Waals surface area contributed by atoms with Crippen molar-refractivity contribution in [3.63, 3.8) is 0 Å². The molecule has 4 aromatic rings. The summed E-state index contributed by atoms with van der Waals surface area (Å²) in [6.45, 7) is 1.34. The van der Waals surface area contributed by atoms with E-state index in [4.69, 9.17) is 4.74 Å². The van der Waals surface area contributed by atoms with Crippen LogP contribution in [0.5, 0.6) is 5.75 Å². The third-order valence-corrected chi connectivity index (χ3v) is 4.42. The average molecular weight is 339 g/mol. The number of hydrogen-bond acceptors (Lipinski definition) is 2. The van der Waals surface area contributed by atoms with Gasteiger partial charge in [0.25, 0.3) is 0 Å². The van der Waals surface area contributed by atoms with Gasteiger partial charge < -0.3 is 10.1 Å². The Balaban J connectivity index is 1.43. The first-order valence-electron chi connectivity index (χ1n) is 8.86. The van der Waals surface area contributed by atoms with E-state index in [1.165, 1.54) is 21.9 Å². The number of ether oxygens (including phenoxy) is 1. The number of fused-ring (bicyclic) bond motifs is 1. The van der Waals surface area contributed by atoms with Gasteiger partial charge in [0.15, 0.2) is 0 Å². The molecule has 0 aliphatic heterocycles. The highest BCUT2D eigenvalue weighted by Crippen LogP contribution is 2.24. The van der Waals surface area contributed by atoms with Crippen molar-refractivity contribution in [3.8, 4) is 5.75 Å². The highest BCUT2D eigenvalue weighted by atomic mass is 16.5. The molecule has 4 rings (SSSR count). The number of nitrogens with one attached hydrogen (secondary N) is 1. The van der Waals surface area contributed by atoms with Crippen molar-refractivity contribution >= 4 is 16.5 Å². The van der Waals surface area contributed by atoms with Crippen LogP contribution in [0.4, 0.5) is 5.69 Å². The summed E-state index contributed by atoms with van der Waals surface area (Å²) in [4.78, 5) is 0. The Morgan fingerprint density at radius 2 is 1.38 bits per heavy atom. The lowest BCUT2D eigenvalue weighted by atomic mass is 10.1. The molecule has 0 atom stereocenters. The Labute approximate surface area is 154 Å². The molecule has 0 bridgehead atoms. The van der Waals surface area contributed by atoms with Crippen LogP contribution in [0.25, 0.3) is 10.8 Å². The van der Waals surface area contributed by atoms with Gasteiger partial charge in [-0.3, -0.25) is 0 Å². The summed E-state index contributed by atoms with van der Waals surface area (Å²) in [6.07, 6.45) is 0. The first-order chi connectivity index (χ1) is 12.9. The molecule has 26 heavy (non-hydrogen) atoms. The van der Waals surface area contributed by atoms with Crippen molar-refractivity contribution < 1.29 is 4.74 Å². The van der Waals surface area contributed by atoms with Gasteiger partial charge in [-0.25, -0.2) is 0 Å². The van der Waals surface area contributed by atoms with Crippen molar-refractivity contribution in [1.29, 1.82) is 0 Å². The molecule has 0 aromatic heterocycles. The molecule has 1 N–H and O–H groups in total. The number of rotatable bonds is 6. The molecular weight excluding hydrogens is 318 g/mol. The predicted molar refractivity (Wildman–Crippen MR) is 108 cm³/mol. The second-order valence-corrected chi connectivity index (χ2v) is 6.30. The summed E-state index contributed by atoms with van der Waals surface area (Å²) in [7, 11) is 0. The summed E-state index contributed by atoms with van der Waals surface area (Å²) in [6, 6.07) is 33.3. The van der Waals surface area contributed by atoms with E-state index in [0.29, 0.717) is 6.61 Å². The Kier molecular flexibility index (Phi) is 4.83. The smallest absolute Gasteiger partial charge is 0.120 e. The minimum absolute atomic E-state index is 0.584. The van der Waals surface area contributed by atoms with Crippen LogP contribution in [0.3, 0.4) is 0 Å². The lowest BCUT2D eigenvalue weighted by Crippen LogP contribution is -2.01. The molecule has 4 aromatic carbocycles. The summed E-state index contributed by atoms with van der Waals surface area (Å²) >= 11 is 0. The predicted octanol–water partition coefficient (Wildman–Crippen LogP) is 6.03. The molecule has 0 amide bonds. The Morgan fingerprint density at radius 3 is 2.31 bits per heavy atom. The second kappa shape index (κ2) is 7.75. The van der Waals surface area contributed by atoms with Crippen molar-refractivity contribution in [1.82, 2.24) is 0 Å². The molecule has 0 heterocycles. The average Bonchev–Trinajstić information content (AvgIpc) is 2.72. The van der Waals surface area contributed by atoms with Crippen LogP contribution < -0.4 is 10.1 Å². The topological polar surface area (TPSA) is 21.3 Å². The summed E-state index contributed by atoms with van der Waals surface area (Å²) < 4.78 is 5.93. The first-order valence-corrected chi connectivity index (χ1v) is 8.86. The van der Waals surface area contributed by atoms with E-state index in [0.717, 1.165) is 18.0 Å². The lowest BCUT2D eigenvalue weighted by molar-refractivity contribution is 0.306. The SMILES string of the molecule is c1ccc(COc2cccc(CNc3cccc4ccccc34)c2)cc1. The molecule has 128 valence electrons. The van der Waals surface area contributed by atoms with Crippen molar-refractivity contribution in [3.05, 3.63) is 108 Å². The van der Waals surface area contributed by atoms with Gasteiger partial charge in [0.05, 0.1) is 0 Å². The number of benzene rings is 4. The molecule has 0 radical (unpaired) electrons. The molecule has 0 spiro atoms. The zero-order valence-electron chi connectivity index (χ0n) is 14.6. The fraction of sp³-hybridized carbons (Fsp3) is 0.0833. The van der Waals surface area contributed by atoms with Gasteiger partial charge in [0, 0.05) is 17.6 Å². The lowest BCUT2D eigenvalue weighted by Gasteiger charge is -2.11. The molecule has 2 heteroatoms.